The van der Waals surface area contributed by atoms with Crippen LogP contribution in [-0.4, -0.2) is 48.2 Å². The van der Waals surface area contributed by atoms with Crippen molar-refractivity contribution < 1.29 is 14.3 Å². The summed E-state index contributed by atoms with van der Waals surface area (Å²) < 4.78 is 12.6. The maximum atomic E-state index is 12.8. The Morgan fingerprint density at radius 1 is 1.36 bits per heavy atom. The van der Waals surface area contributed by atoms with E-state index in [4.69, 9.17) is 32.7 Å². The molecule has 1 amide bonds. The number of fused-ring (bicyclic) bond motifs is 1. The molecule has 5 nitrogen and oxygen atoms in total. The summed E-state index contributed by atoms with van der Waals surface area (Å²) in [6.07, 6.45) is 1.75. The number of amides is 1. The van der Waals surface area contributed by atoms with Gasteiger partial charge >= 0.3 is 0 Å². The van der Waals surface area contributed by atoms with Gasteiger partial charge in [-0.2, -0.15) is 0 Å². The van der Waals surface area contributed by atoms with E-state index >= 15 is 0 Å². The van der Waals surface area contributed by atoms with Crippen molar-refractivity contribution >= 4 is 50.5 Å². The van der Waals surface area contributed by atoms with Gasteiger partial charge < -0.3 is 14.4 Å². The van der Waals surface area contributed by atoms with E-state index in [9.17, 15) is 4.79 Å². The van der Waals surface area contributed by atoms with Gasteiger partial charge in [-0.05, 0) is 46.7 Å². The zero-order valence-corrected chi connectivity index (χ0v) is 17.3. The van der Waals surface area contributed by atoms with Crippen LogP contribution in [0.5, 0.6) is 5.75 Å². The van der Waals surface area contributed by atoms with Gasteiger partial charge in [-0.15, -0.1) is 11.3 Å². The fourth-order valence-corrected chi connectivity index (χ4v) is 4.46. The number of thiophene rings is 1. The molecule has 8 heteroatoms. The standard InChI is InChI=1S/C20H18Cl2N2O3S/c21-14-3-4-18-16(9-14)13(12-28-18)8-19(25)24-6-7-26-15(10-24)11-27-17-2-1-5-23-20(17)22/h1-5,9,12,15H,6-8,10-11H2. The summed E-state index contributed by atoms with van der Waals surface area (Å²) in [4.78, 5) is 18.7. The molecule has 0 saturated carbocycles. The quantitative estimate of drug-likeness (QED) is 0.554. The first-order valence-electron chi connectivity index (χ1n) is 8.88. The Hall–Kier alpha value is -1.86. The van der Waals surface area contributed by atoms with Crippen molar-refractivity contribution in [2.75, 3.05) is 26.3 Å². The Kier molecular flexibility index (Phi) is 6.01. The smallest absolute Gasteiger partial charge is 0.227 e. The van der Waals surface area contributed by atoms with Crippen molar-refractivity contribution in [3.05, 3.63) is 57.6 Å². The first-order valence-corrected chi connectivity index (χ1v) is 10.5. The van der Waals surface area contributed by atoms with E-state index in [1.165, 1.54) is 0 Å². The second-order valence-corrected chi connectivity index (χ2v) is 8.22. The Morgan fingerprint density at radius 3 is 3.11 bits per heavy atom. The molecule has 1 aliphatic rings. The first kappa shape index (κ1) is 19.5. The average molecular weight is 437 g/mol. The summed E-state index contributed by atoms with van der Waals surface area (Å²) in [6.45, 7) is 1.86. The van der Waals surface area contributed by atoms with Gasteiger partial charge in [-0.25, -0.2) is 4.98 Å². The van der Waals surface area contributed by atoms with E-state index < -0.39 is 0 Å². The molecule has 1 aliphatic heterocycles. The maximum Gasteiger partial charge on any atom is 0.227 e. The Morgan fingerprint density at radius 2 is 2.25 bits per heavy atom. The number of carbonyl (C=O) groups excluding carboxylic acids is 1. The van der Waals surface area contributed by atoms with Crippen molar-refractivity contribution in [2.45, 2.75) is 12.5 Å². The molecule has 1 fully saturated rings. The Bertz CT molecular complexity index is 994. The van der Waals surface area contributed by atoms with Gasteiger partial charge in [0.25, 0.3) is 0 Å². The molecule has 0 bridgehead atoms. The molecule has 1 saturated heterocycles. The highest BCUT2D eigenvalue weighted by Gasteiger charge is 2.25. The van der Waals surface area contributed by atoms with Crippen molar-refractivity contribution in [3.63, 3.8) is 0 Å². The fourth-order valence-electron chi connectivity index (χ4n) is 3.17. The number of benzene rings is 1. The fraction of sp³-hybridized carbons (Fsp3) is 0.300. The van der Waals surface area contributed by atoms with Crippen LogP contribution in [0.2, 0.25) is 10.2 Å². The number of ether oxygens (including phenoxy) is 2. The number of aromatic nitrogens is 1. The minimum atomic E-state index is -0.206. The predicted octanol–water partition coefficient (Wildman–Crippen LogP) is 4.45. The summed E-state index contributed by atoms with van der Waals surface area (Å²) in [5.41, 5.74) is 1.01. The SMILES string of the molecule is O=C(Cc1csc2ccc(Cl)cc12)N1CCOC(COc2cccnc2Cl)C1. The lowest BCUT2D eigenvalue weighted by molar-refractivity contribution is -0.139. The topological polar surface area (TPSA) is 51.7 Å². The van der Waals surface area contributed by atoms with Crippen LogP contribution in [0.3, 0.4) is 0 Å². The Balaban J connectivity index is 1.37. The molecule has 0 N–H and O–H groups in total. The lowest BCUT2D eigenvalue weighted by Gasteiger charge is -2.33. The number of carbonyl (C=O) groups is 1. The van der Waals surface area contributed by atoms with Crippen LogP contribution in [0.15, 0.2) is 41.9 Å². The van der Waals surface area contributed by atoms with E-state index in [0.29, 0.717) is 48.6 Å². The van der Waals surface area contributed by atoms with Crippen LogP contribution in [0.4, 0.5) is 0 Å². The third-order valence-electron chi connectivity index (χ3n) is 4.60. The molecule has 3 aromatic rings. The minimum absolute atomic E-state index is 0.0763. The number of nitrogens with zero attached hydrogens (tertiary/aromatic N) is 2. The van der Waals surface area contributed by atoms with E-state index in [2.05, 4.69) is 4.98 Å². The largest absolute Gasteiger partial charge is 0.488 e. The highest BCUT2D eigenvalue weighted by molar-refractivity contribution is 7.17. The molecule has 0 radical (unpaired) electrons. The molecule has 3 heterocycles. The second-order valence-electron chi connectivity index (χ2n) is 6.51. The lowest BCUT2D eigenvalue weighted by atomic mass is 10.1. The van der Waals surface area contributed by atoms with Gasteiger partial charge in [-0.1, -0.05) is 23.2 Å². The maximum absolute atomic E-state index is 12.8. The number of morpholine rings is 1. The number of rotatable bonds is 5. The zero-order chi connectivity index (χ0) is 19.5. The summed E-state index contributed by atoms with van der Waals surface area (Å²) in [5.74, 6) is 0.588. The normalized spacial score (nSPS) is 17.1. The van der Waals surface area contributed by atoms with Crippen LogP contribution in [0, 0.1) is 0 Å². The predicted molar refractivity (Wildman–Crippen MR) is 112 cm³/mol. The number of hydrogen-bond donors (Lipinski definition) is 0. The summed E-state index contributed by atoms with van der Waals surface area (Å²) >= 11 is 13.7. The third kappa shape index (κ3) is 4.41. The lowest BCUT2D eigenvalue weighted by Crippen LogP contribution is -2.48. The summed E-state index contributed by atoms with van der Waals surface area (Å²) in [7, 11) is 0. The van der Waals surface area contributed by atoms with Crippen molar-refractivity contribution in [3.8, 4) is 5.75 Å². The van der Waals surface area contributed by atoms with Crippen LogP contribution in [0.25, 0.3) is 10.1 Å². The van der Waals surface area contributed by atoms with Gasteiger partial charge in [0, 0.05) is 22.5 Å². The third-order valence-corrected chi connectivity index (χ3v) is 6.13. The molecule has 1 atom stereocenters. The molecule has 146 valence electrons. The summed E-state index contributed by atoms with van der Waals surface area (Å²) in [6, 6.07) is 9.29. The first-order chi connectivity index (χ1) is 13.6. The molecular formula is C20H18Cl2N2O3S. The van der Waals surface area contributed by atoms with E-state index in [-0.39, 0.29) is 12.0 Å². The molecule has 0 aliphatic carbocycles. The van der Waals surface area contributed by atoms with Gasteiger partial charge in [0.15, 0.2) is 10.9 Å². The van der Waals surface area contributed by atoms with Crippen LogP contribution >= 0.6 is 34.5 Å². The highest BCUT2D eigenvalue weighted by atomic mass is 35.5. The van der Waals surface area contributed by atoms with Crippen LogP contribution in [-0.2, 0) is 16.0 Å². The van der Waals surface area contributed by atoms with Crippen molar-refractivity contribution in [1.82, 2.24) is 9.88 Å². The minimum Gasteiger partial charge on any atom is -0.488 e. The van der Waals surface area contributed by atoms with Crippen molar-refractivity contribution in [2.24, 2.45) is 0 Å². The van der Waals surface area contributed by atoms with Gasteiger partial charge in [0.2, 0.25) is 5.91 Å². The molecule has 28 heavy (non-hydrogen) atoms. The molecule has 0 spiro atoms. The number of hydrogen-bond acceptors (Lipinski definition) is 5. The monoisotopic (exact) mass is 436 g/mol. The van der Waals surface area contributed by atoms with E-state index in [1.54, 1.807) is 29.7 Å². The number of halogens is 2. The van der Waals surface area contributed by atoms with Crippen molar-refractivity contribution in [1.29, 1.82) is 0 Å². The molecule has 4 rings (SSSR count). The zero-order valence-electron chi connectivity index (χ0n) is 14.9. The highest BCUT2D eigenvalue weighted by Crippen LogP contribution is 2.29. The molecular weight excluding hydrogens is 419 g/mol. The van der Waals surface area contributed by atoms with Gasteiger partial charge in [0.1, 0.15) is 12.7 Å². The van der Waals surface area contributed by atoms with Crippen LogP contribution in [0.1, 0.15) is 5.56 Å². The molecule has 1 unspecified atom stereocenters. The van der Waals surface area contributed by atoms with Gasteiger partial charge in [-0.3, -0.25) is 4.79 Å². The van der Waals surface area contributed by atoms with Gasteiger partial charge in [0.05, 0.1) is 19.6 Å². The van der Waals surface area contributed by atoms with Crippen LogP contribution < -0.4 is 4.74 Å². The molecule has 1 aromatic carbocycles. The Labute approximate surface area is 176 Å². The summed E-state index contributed by atoms with van der Waals surface area (Å²) in [5, 5.41) is 4.07. The molecule has 2 aromatic heterocycles. The average Bonchev–Trinajstić information content (AvgIpc) is 3.09. The second kappa shape index (κ2) is 8.66. The van der Waals surface area contributed by atoms with E-state index in [1.807, 2.05) is 28.5 Å². The van der Waals surface area contributed by atoms with E-state index in [0.717, 1.165) is 15.6 Å². The number of pyridine rings is 1.